The predicted octanol–water partition coefficient (Wildman–Crippen LogP) is 1.79. The Kier molecular flexibility index (Phi) is 4.45. The Bertz CT molecular complexity index is 276. The summed E-state index contributed by atoms with van der Waals surface area (Å²) in [7, 11) is 0. The molecule has 1 heterocycles. The first-order valence-corrected chi connectivity index (χ1v) is 8.42. The topological polar surface area (TPSA) is 18.5 Å². The lowest BCUT2D eigenvalue weighted by Crippen LogP contribution is -2.54. The van der Waals surface area contributed by atoms with Crippen molar-refractivity contribution in [1.29, 1.82) is 0 Å². The van der Waals surface area contributed by atoms with E-state index < -0.39 is 0 Å². The third kappa shape index (κ3) is 4.17. The Balaban J connectivity index is 1.43. The molecule has 0 aromatic rings. The van der Waals surface area contributed by atoms with Crippen LogP contribution in [-0.2, 0) is 0 Å². The summed E-state index contributed by atoms with van der Waals surface area (Å²) in [6.07, 6.45) is 5.78. The Morgan fingerprint density at radius 2 is 1.68 bits per heavy atom. The summed E-state index contributed by atoms with van der Waals surface area (Å²) in [5.41, 5.74) is 0. The summed E-state index contributed by atoms with van der Waals surface area (Å²) in [4.78, 5) is 5.43. The Hall–Kier alpha value is -0.120. The van der Waals surface area contributed by atoms with Crippen molar-refractivity contribution < 1.29 is 0 Å². The minimum atomic E-state index is 0.740. The molecule has 0 spiro atoms. The number of nitrogens with one attached hydrogen (secondary N) is 1. The van der Waals surface area contributed by atoms with Gasteiger partial charge in [-0.05, 0) is 37.5 Å². The number of rotatable bonds is 7. The second-order valence-corrected chi connectivity index (χ2v) is 7.27. The van der Waals surface area contributed by atoms with Gasteiger partial charge in [-0.3, -0.25) is 4.90 Å². The van der Waals surface area contributed by atoms with Crippen molar-refractivity contribution in [3.8, 4) is 0 Å². The summed E-state index contributed by atoms with van der Waals surface area (Å²) in [5, 5.41) is 3.73. The van der Waals surface area contributed by atoms with E-state index in [2.05, 4.69) is 29.0 Å². The highest BCUT2D eigenvalue weighted by atomic mass is 15.3. The monoisotopic (exact) mass is 265 g/mol. The van der Waals surface area contributed by atoms with Crippen molar-refractivity contribution in [2.75, 3.05) is 39.3 Å². The van der Waals surface area contributed by atoms with E-state index in [-0.39, 0.29) is 0 Å². The van der Waals surface area contributed by atoms with Crippen LogP contribution in [0.5, 0.6) is 0 Å². The number of piperazine rings is 1. The number of nitrogens with zero attached hydrogens (tertiary/aromatic N) is 2. The molecule has 1 unspecified atom stereocenters. The molecule has 1 aliphatic heterocycles. The van der Waals surface area contributed by atoms with Gasteiger partial charge < -0.3 is 10.2 Å². The van der Waals surface area contributed by atoms with Gasteiger partial charge in [0.05, 0.1) is 0 Å². The van der Waals surface area contributed by atoms with E-state index in [1.165, 1.54) is 65.0 Å². The average Bonchev–Trinajstić information content (AvgIpc) is 3.24. The lowest BCUT2D eigenvalue weighted by molar-refractivity contribution is 0.0734. The molecule has 3 fully saturated rings. The maximum absolute atomic E-state index is 3.73. The van der Waals surface area contributed by atoms with Gasteiger partial charge in [0.15, 0.2) is 0 Å². The molecule has 0 radical (unpaired) electrons. The van der Waals surface area contributed by atoms with Crippen LogP contribution in [0.1, 0.15) is 39.5 Å². The van der Waals surface area contributed by atoms with Crippen molar-refractivity contribution in [2.45, 2.75) is 51.6 Å². The standard InChI is InChI=1S/C16H31N3/c1-13(2)16(11-17-15-5-6-15)19-9-7-18(8-10-19)12-14-3-4-14/h13-17H,3-12H2,1-2H3. The van der Waals surface area contributed by atoms with Crippen LogP contribution in [0.2, 0.25) is 0 Å². The molecule has 0 amide bonds. The molecular formula is C16H31N3. The van der Waals surface area contributed by atoms with Crippen LogP contribution in [0.3, 0.4) is 0 Å². The van der Waals surface area contributed by atoms with Crippen molar-refractivity contribution in [1.82, 2.24) is 15.1 Å². The molecule has 0 bridgehead atoms. The summed E-state index contributed by atoms with van der Waals surface area (Å²) in [6.45, 7) is 12.5. The van der Waals surface area contributed by atoms with Gasteiger partial charge in [0.1, 0.15) is 0 Å². The van der Waals surface area contributed by atoms with E-state index in [1.54, 1.807) is 0 Å². The van der Waals surface area contributed by atoms with Crippen molar-refractivity contribution in [3.05, 3.63) is 0 Å². The second kappa shape index (κ2) is 6.11. The van der Waals surface area contributed by atoms with E-state index in [0.717, 1.165) is 23.9 Å². The second-order valence-electron chi connectivity index (χ2n) is 7.27. The molecule has 3 heteroatoms. The first-order valence-electron chi connectivity index (χ1n) is 8.42. The van der Waals surface area contributed by atoms with Gasteiger partial charge in [-0.25, -0.2) is 0 Å². The van der Waals surface area contributed by atoms with Crippen LogP contribution in [0.25, 0.3) is 0 Å². The normalized spacial score (nSPS) is 27.9. The first-order chi connectivity index (χ1) is 9.22. The molecule has 3 aliphatic rings. The Morgan fingerprint density at radius 1 is 1.00 bits per heavy atom. The quantitative estimate of drug-likeness (QED) is 0.757. The Labute approximate surface area is 118 Å². The lowest BCUT2D eigenvalue weighted by Gasteiger charge is -2.41. The third-order valence-corrected chi connectivity index (χ3v) is 5.05. The van der Waals surface area contributed by atoms with Gasteiger partial charge >= 0.3 is 0 Å². The van der Waals surface area contributed by atoms with E-state index in [9.17, 15) is 0 Å². The molecule has 110 valence electrons. The van der Waals surface area contributed by atoms with Gasteiger partial charge in [0, 0.05) is 51.4 Å². The molecule has 3 rings (SSSR count). The van der Waals surface area contributed by atoms with Gasteiger partial charge in [0.25, 0.3) is 0 Å². The zero-order chi connectivity index (χ0) is 13.2. The number of hydrogen-bond acceptors (Lipinski definition) is 3. The fraction of sp³-hybridized carbons (Fsp3) is 1.00. The molecule has 3 nitrogen and oxygen atoms in total. The first kappa shape index (κ1) is 13.8. The van der Waals surface area contributed by atoms with E-state index in [4.69, 9.17) is 0 Å². The van der Waals surface area contributed by atoms with Crippen LogP contribution in [0.4, 0.5) is 0 Å². The van der Waals surface area contributed by atoms with Gasteiger partial charge in [-0.1, -0.05) is 13.8 Å². The molecule has 1 N–H and O–H groups in total. The summed E-state index contributed by atoms with van der Waals surface area (Å²) >= 11 is 0. The molecular weight excluding hydrogens is 234 g/mol. The minimum absolute atomic E-state index is 0.740. The highest BCUT2D eigenvalue weighted by molar-refractivity contribution is 4.88. The van der Waals surface area contributed by atoms with Gasteiger partial charge in [-0.15, -0.1) is 0 Å². The predicted molar refractivity (Wildman–Crippen MR) is 80.4 cm³/mol. The third-order valence-electron chi connectivity index (χ3n) is 5.05. The molecule has 19 heavy (non-hydrogen) atoms. The van der Waals surface area contributed by atoms with Crippen molar-refractivity contribution in [3.63, 3.8) is 0 Å². The van der Waals surface area contributed by atoms with Gasteiger partial charge in [0.2, 0.25) is 0 Å². The van der Waals surface area contributed by atoms with Crippen molar-refractivity contribution in [2.24, 2.45) is 11.8 Å². The molecule has 1 saturated heterocycles. The van der Waals surface area contributed by atoms with E-state index in [1.807, 2.05) is 0 Å². The zero-order valence-corrected chi connectivity index (χ0v) is 12.8. The largest absolute Gasteiger partial charge is 0.312 e. The fourth-order valence-corrected chi connectivity index (χ4v) is 3.30. The molecule has 1 atom stereocenters. The maximum Gasteiger partial charge on any atom is 0.0244 e. The van der Waals surface area contributed by atoms with Crippen LogP contribution < -0.4 is 5.32 Å². The van der Waals surface area contributed by atoms with Crippen LogP contribution in [0, 0.1) is 11.8 Å². The summed E-state index contributed by atoms with van der Waals surface area (Å²) in [5.74, 6) is 1.81. The minimum Gasteiger partial charge on any atom is -0.312 e. The van der Waals surface area contributed by atoms with Crippen molar-refractivity contribution >= 4 is 0 Å². The Morgan fingerprint density at radius 3 is 2.21 bits per heavy atom. The fourth-order valence-electron chi connectivity index (χ4n) is 3.30. The van der Waals surface area contributed by atoms with Crippen LogP contribution >= 0.6 is 0 Å². The summed E-state index contributed by atoms with van der Waals surface area (Å²) in [6, 6.07) is 1.58. The summed E-state index contributed by atoms with van der Waals surface area (Å²) < 4.78 is 0. The van der Waals surface area contributed by atoms with Crippen LogP contribution in [-0.4, -0.2) is 61.2 Å². The molecule has 0 aromatic heterocycles. The number of hydrogen-bond donors (Lipinski definition) is 1. The molecule has 2 saturated carbocycles. The smallest absolute Gasteiger partial charge is 0.0244 e. The molecule has 2 aliphatic carbocycles. The SMILES string of the molecule is CC(C)C(CNC1CC1)N1CCN(CC2CC2)CC1. The highest BCUT2D eigenvalue weighted by Gasteiger charge is 2.30. The van der Waals surface area contributed by atoms with E-state index >= 15 is 0 Å². The maximum atomic E-state index is 3.73. The zero-order valence-electron chi connectivity index (χ0n) is 12.8. The van der Waals surface area contributed by atoms with Gasteiger partial charge in [-0.2, -0.15) is 0 Å². The highest BCUT2D eigenvalue weighted by Crippen LogP contribution is 2.30. The van der Waals surface area contributed by atoms with Crippen LogP contribution in [0.15, 0.2) is 0 Å². The van der Waals surface area contributed by atoms with E-state index in [0.29, 0.717) is 0 Å². The lowest BCUT2D eigenvalue weighted by atomic mass is 10.0. The average molecular weight is 265 g/mol. The molecule has 0 aromatic carbocycles.